The maximum absolute atomic E-state index is 13.0. The van der Waals surface area contributed by atoms with Crippen LogP contribution in [0.2, 0.25) is 0 Å². The molecule has 0 bridgehead atoms. The molecule has 33 heavy (non-hydrogen) atoms. The van der Waals surface area contributed by atoms with Gasteiger partial charge in [-0.15, -0.1) is 0 Å². The van der Waals surface area contributed by atoms with Crippen molar-refractivity contribution in [2.45, 2.75) is 32.3 Å². The molecule has 1 aliphatic rings. The highest BCUT2D eigenvalue weighted by Gasteiger charge is 2.26. The highest BCUT2D eigenvalue weighted by atomic mass is 16.5. The van der Waals surface area contributed by atoms with Crippen LogP contribution in [-0.2, 0) is 11.3 Å². The first-order valence-corrected chi connectivity index (χ1v) is 11.4. The van der Waals surface area contributed by atoms with Gasteiger partial charge in [0.15, 0.2) is 5.65 Å². The van der Waals surface area contributed by atoms with Gasteiger partial charge in [0.1, 0.15) is 0 Å². The number of likely N-dealkylation sites (tertiary alicyclic amines) is 1. The number of benzene rings is 2. The molecule has 168 valence electrons. The Bertz CT molecular complexity index is 1260. The molecule has 1 saturated heterocycles. The molecule has 0 N–H and O–H groups in total. The largest absolute Gasteiger partial charge is 0.380 e. The van der Waals surface area contributed by atoms with Gasteiger partial charge in [0.05, 0.1) is 18.0 Å². The zero-order valence-electron chi connectivity index (χ0n) is 19.1. The normalized spacial score (nSPS) is 14.7. The first kappa shape index (κ1) is 21.3. The molecule has 5 rings (SSSR count). The molecule has 1 aliphatic heterocycles. The van der Waals surface area contributed by atoms with Gasteiger partial charge in [-0.1, -0.05) is 30.3 Å². The number of carbonyl (C=O) groups excluding carboxylic acids is 1. The molecule has 0 unspecified atom stereocenters. The summed E-state index contributed by atoms with van der Waals surface area (Å²) >= 11 is 0. The Morgan fingerprint density at radius 2 is 1.73 bits per heavy atom. The second kappa shape index (κ2) is 9.16. The van der Waals surface area contributed by atoms with E-state index < -0.39 is 0 Å². The SMILES string of the molecule is COCc1ccc(C(=O)N2CCC(c3ccc4c(C)nn(-c5ccccc5)c4n3)CC2)cc1. The van der Waals surface area contributed by atoms with Crippen molar-refractivity contribution in [1.82, 2.24) is 19.7 Å². The van der Waals surface area contributed by atoms with E-state index in [1.807, 2.05) is 71.1 Å². The lowest BCUT2D eigenvalue weighted by molar-refractivity contribution is 0.0712. The van der Waals surface area contributed by atoms with Gasteiger partial charge in [0.25, 0.3) is 5.91 Å². The number of aromatic nitrogens is 3. The van der Waals surface area contributed by atoms with Crippen molar-refractivity contribution in [3.63, 3.8) is 0 Å². The lowest BCUT2D eigenvalue weighted by Gasteiger charge is -2.32. The lowest BCUT2D eigenvalue weighted by atomic mass is 9.92. The molecule has 1 fully saturated rings. The molecule has 0 saturated carbocycles. The van der Waals surface area contributed by atoms with Gasteiger partial charge >= 0.3 is 0 Å². The molecule has 2 aromatic heterocycles. The van der Waals surface area contributed by atoms with E-state index in [4.69, 9.17) is 14.8 Å². The Hall–Kier alpha value is -3.51. The maximum atomic E-state index is 13.0. The van der Waals surface area contributed by atoms with E-state index in [1.165, 1.54) is 0 Å². The Labute approximate surface area is 193 Å². The van der Waals surface area contributed by atoms with Gasteiger partial charge in [-0.3, -0.25) is 4.79 Å². The van der Waals surface area contributed by atoms with E-state index in [1.54, 1.807) is 7.11 Å². The summed E-state index contributed by atoms with van der Waals surface area (Å²) in [7, 11) is 1.67. The number of piperidine rings is 1. The average molecular weight is 441 g/mol. The van der Waals surface area contributed by atoms with E-state index in [-0.39, 0.29) is 5.91 Å². The minimum Gasteiger partial charge on any atom is -0.380 e. The highest BCUT2D eigenvalue weighted by Crippen LogP contribution is 2.30. The van der Waals surface area contributed by atoms with Crippen molar-refractivity contribution in [2.24, 2.45) is 0 Å². The van der Waals surface area contributed by atoms with E-state index in [2.05, 4.69) is 12.1 Å². The maximum Gasteiger partial charge on any atom is 0.253 e. The van der Waals surface area contributed by atoms with Crippen LogP contribution in [0.15, 0.2) is 66.7 Å². The number of ether oxygens (including phenoxy) is 1. The second-order valence-corrected chi connectivity index (χ2v) is 8.64. The summed E-state index contributed by atoms with van der Waals surface area (Å²) in [4.78, 5) is 20.0. The summed E-state index contributed by atoms with van der Waals surface area (Å²) in [6.45, 7) is 4.05. The van der Waals surface area contributed by atoms with Crippen molar-refractivity contribution in [3.05, 3.63) is 89.2 Å². The van der Waals surface area contributed by atoms with Gasteiger partial charge in [-0.25, -0.2) is 9.67 Å². The summed E-state index contributed by atoms with van der Waals surface area (Å²) in [6, 6.07) is 22.1. The predicted molar refractivity (Wildman–Crippen MR) is 129 cm³/mol. The quantitative estimate of drug-likeness (QED) is 0.443. The Morgan fingerprint density at radius 3 is 2.42 bits per heavy atom. The van der Waals surface area contributed by atoms with E-state index in [0.29, 0.717) is 12.5 Å². The van der Waals surface area contributed by atoms with Crippen molar-refractivity contribution < 1.29 is 9.53 Å². The zero-order valence-corrected chi connectivity index (χ0v) is 19.1. The number of methoxy groups -OCH3 is 1. The summed E-state index contributed by atoms with van der Waals surface area (Å²) in [5, 5.41) is 5.80. The molecule has 0 spiro atoms. The van der Waals surface area contributed by atoms with Gasteiger partial charge in [0, 0.05) is 42.8 Å². The standard InChI is InChI=1S/C27H28N4O2/c1-19-24-12-13-25(28-26(24)31(29-19)23-6-4-3-5-7-23)21-14-16-30(17-15-21)27(32)22-10-8-20(9-11-22)18-33-2/h3-13,21H,14-18H2,1-2H3. The molecular weight excluding hydrogens is 412 g/mol. The zero-order chi connectivity index (χ0) is 22.8. The smallest absolute Gasteiger partial charge is 0.253 e. The fourth-order valence-electron chi connectivity index (χ4n) is 4.61. The van der Waals surface area contributed by atoms with Crippen LogP contribution in [0.25, 0.3) is 16.7 Å². The molecule has 2 aromatic carbocycles. The Kier molecular flexibility index (Phi) is 5.92. The Morgan fingerprint density at radius 1 is 1.00 bits per heavy atom. The van der Waals surface area contributed by atoms with Crippen LogP contribution in [0.5, 0.6) is 0 Å². The summed E-state index contributed by atoms with van der Waals surface area (Å²) in [5.41, 5.74) is 5.76. The molecule has 3 heterocycles. The third-order valence-corrected chi connectivity index (χ3v) is 6.45. The van der Waals surface area contributed by atoms with Crippen LogP contribution in [-0.4, -0.2) is 45.8 Å². The fourth-order valence-corrected chi connectivity index (χ4v) is 4.61. The van der Waals surface area contributed by atoms with Crippen molar-refractivity contribution >= 4 is 16.9 Å². The minimum absolute atomic E-state index is 0.0959. The first-order chi connectivity index (χ1) is 16.1. The van der Waals surface area contributed by atoms with Crippen molar-refractivity contribution in [2.75, 3.05) is 20.2 Å². The number of carbonyl (C=O) groups is 1. The minimum atomic E-state index is 0.0959. The van der Waals surface area contributed by atoms with E-state index in [9.17, 15) is 4.79 Å². The van der Waals surface area contributed by atoms with Crippen LogP contribution in [0.1, 0.15) is 46.1 Å². The van der Waals surface area contributed by atoms with Crippen LogP contribution >= 0.6 is 0 Å². The molecule has 1 amide bonds. The van der Waals surface area contributed by atoms with Crippen LogP contribution in [0.4, 0.5) is 0 Å². The lowest BCUT2D eigenvalue weighted by Crippen LogP contribution is -2.38. The highest BCUT2D eigenvalue weighted by molar-refractivity contribution is 5.94. The number of fused-ring (bicyclic) bond motifs is 1. The third kappa shape index (κ3) is 4.26. The van der Waals surface area contributed by atoms with Crippen LogP contribution < -0.4 is 0 Å². The number of nitrogens with zero attached hydrogens (tertiary/aromatic N) is 4. The number of hydrogen-bond donors (Lipinski definition) is 0. The summed E-state index contributed by atoms with van der Waals surface area (Å²) < 4.78 is 7.08. The molecule has 4 aromatic rings. The topological polar surface area (TPSA) is 60.2 Å². The van der Waals surface area contributed by atoms with E-state index in [0.717, 1.165) is 65.2 Å². The Balaban J connectivity index is 1.31. The second-order valence-electron chi connectivity index (χ2n) is 8.64. The molecule has 6 nitrogen and oxygen atoms in total. The van der Waals surface area contributed by atoms with Crippen LogP contribution in [0, 0.1) is 6.92 Å². The molecule has 0 radical (unpaired) electrons. The summed E-state index contributed by atoms with van der Waals surface area (Å²) in [6.07, 6.45) is 1.81. The van der Waals surface area contributed by atoms with Crippen molar-refractivity contribution in [3.8, 4) is 5.69 Å². The van der Waals surface area contributed by atoms with Gasteiger partial charge in [-0.2, -0.15) is 5.10 Å². The first-order valence-electron chi connectivity index (χ1n) is 11.4. The number of pyridine rings is 1. The third-order valence-electron chi connectivity index (χ3n) is 6.45. The van der Waals surface area contributed by atoms with Gasteiger partial charge in [-0.05, 0) is 61.7 Å². The number of aryl methyl sites for hydroxylation is 1. The monoisotopic (exact) mass is 440 g/mol. The molecule has 0 atom stereocenters. The summed E-state index contributed by atoms with van der Waals surface area (Å²) in [5.74, 6) is 0.431. The number of rotatable bonds is 5. The molecule has 6 heteroatoms. The number of amides is 1. The fraction of sp³-hybridized carbons (Fsp3) is 0.296. The van der Waals surface area contributed by atoms with Gasteiger partial charge < -0.3 is 9.64 Å². The predicted octanol–water partition coefficient (Wildman–Crippen LogP) is 4.90. The molecule has 0 aliphatic carbocycles. The average Bonchev–Trinajstić information content (AvgIpc) is 3.21. The van der Waals surface area contributed by atoms with E-state index >= 15 is 0 Å². The van der Waals surface area contributed by atoms with Gasteiger partial charge in [0.2, 0.25) is 0 Å². The number of para-hydroxylation sites is 1. The van der Waals surface area contributed by atoms with Crippen molar-refractivity contribution in [1.29, 1.82) is 0 Å². The number of hydrogen-bond acceptors (Lipinski definition) is 4. The molecular formula is C27H28N4O2. The van der Waals surface area contributed by atoms with Crippen LogP contribution in [0.3, 0.4) is 0 Å².